The van der Waals surface area contributed by atoms with Crippen LogP contribution in [0.3, 0.4) is 0 Å². The van der Waals surface area contributed by atoms with Gasteiger partial charge in [0.2, 0.25) is 0 Å². The lowest BCUT2D eigenvalue weighted by Gasteiger charge is -2.13. The third-order valence-electron chi connectivity index (χ3n) is 2.37. The summed E-state index contributed by atoms with van der Waals surface area (Å²) in [4.78, 5) is 4.30. The van der Waals surface area contributed by atoms with E-state index in [1.54, 1.807) is 6.34 Å². The highest BCUT2D eigenvalue weighted by Gasteiger charge is 2.19. The Hall–Kier alpha value is -1.58. The highest BCUT2D eigenvalue weighted by Crippen LogP contribution is 2.24. The molecule has 0 radical (unpaired) electrons. The molecule has 0 saturated carbocycles. The molecule has 1 aliphatic rings. The Labute approximate surface area is 89.5 Å². The van der Waals surface area contributed by atoms with Gasteiger partial charge in [-0.05, 0) is 12.1 Å². The van der Waals surface area contributed by atoms with Crippen molar-refractivity contribution >= 4 is 6.34 Å². The first-order valence-corrected chi connectivity index (χ1v) is 5.07. The zero-order valence-electron chi connectivity index (χ0n) is 9.28. The summed E-state index contributed by atoms with van der Waals surface area (Å²) in [7, 11) is 0. The predicted octanol–water partition coefficient (Wildman–Crippen LogP) is 1.89. The molecule has 0 fully saturated rings. The van der Waals surface area contributed by atoms with Gasteiger partial charge in [0.25, 0.3) is 0 Å². The van der Waals surface area contributed by atoms with Crippen LogP contribution in [0.4, 0.5) is 0 Å². The quantitative estimate of drug-likeness (QED) is 0.734. The highest BCUT2D eigenvalue weighted by molar-refractivity contribution is 5.58. The fourth-order valence-corrected chi connectivity index (χ4v) is 1.42. The number of aromatic nitrogens is 2. The Morgan fingerprint density at radius 2 is 2.13 bits per heavy atom. The van der Waals surface area contributed by atoms with Crippen LogP contribution in [0.5, 0.6) is 0 Å². The second-order valence-electron chi connectivity index (χ2n) is 4.71. The number of nitrogens with zero attached hydrogens (tertiary/aromatic N) is 2. The molecular weight excluding hydrogens is 188 g/mol. The van der Waals surface area contributed by atoms with Gasteiger partial charge in [-0.25, -0.2) is 0 Å². The number of H-pyrrole nitrogens is 1. The molecule has 4 heteroatoms. The summed E-state index contributed by atoms with van der Waals surface area (Å²) in [5, 5.41) is 10.3. The minimum Gasteiger partial charge on any atom is -0.353 e. The monoisotopic (exact) mass is 204 g/mol. The van der Waals surface area contributed by atoms with E-state index in [-0.39, 0.29) is 11.5 Å². The smallest absolute Gasteiger partial charge is 0.113 e. The lowest BCUT2D eigenvalue weighted by atomic mass is 9.92. The number of aliphatic imine (C=N–C) groups is 1. The van der Waals surface area contributed by atoms with Crippen molar-refractivity contribution in [3.05, 3.63) is 29.7 Å². The first-order valence-electron chi connectivity index (χ1n) is 5.07. The van der Waals surface area contributed by atoms with E-state index in [1.165, 1.54) is 0 Å². The molecule has 1 atom stereocenters. The van der Waals surface area contributed by atoms with Crippen molar-refractivity contribution in [1.82, 2.24) is 15.5 Å². The van der Waals surface area contributed by atoms with E-state index < -0.39 is 0 Å². The van der Waals surface area contributed by atoms with Gasteiger partial charge in [0, 0.05) is 11.6 Å². The number of rotatable bonds is 1. The van der Waals surface area contributed by atoms with Gasteiger partial charge in [0.05, 0.1) is 17.7 Å². The van der Waals surface area contributed by atoms with E-state index in [0.717, 1.165) is 11.4 Å². The fraction of sp³-hybridized carbons (Fsp3) is 0.455. The topological polar surface area (TPSA) is 53.1 Å². The highest BCUT2D eigenvalue weighted by atomic mass is 15.1. The van der Waals surface area contributed by atoms with E-state index in [4.69, 9.17) is 0 Å². The number of hydrogen-bond acceptors (Lipinski definition) is 3. The maximum absolute atomic E-state index is 4.31. The molecule has 2 rings (SSSR count). The van der Waals surface area contributed by atoms with Crippen LogP contribution in [-0.4, -0.2) is 16.5 Å². The van der Waals surface area contributed by atoms with Crippen LogP contribution in [0.1, 0.15) is 38.2 Å². The second-order valence-corrected chi connectivity index (χ2v) is 4.71. The molecule has 2 N–H and O–H groups in total. The normalized spacial score (nSPS) is 20.3. The molecule has 0 aliphatic carbocycles. The Morgan fingerprint density at radius 1 is 1.33 bits per heavy atom. The first-order chi connectivity index (χ1) is 7.07. The summed E-state index contributed by atoms with van der Waals surface area (Å²) in [5.41, 5.74) is 2.18. The minimum absolute atomic E-state index is 0.0647. The van der Waals surface area contributed by atoms with Crippen molar-refractivity contribution in [3.8, 4) is 0 Å². The summed E-state index contributed by atoms with van der Waals surface area (Å²) < 4.78 is 0. The summed E-state index contributed by atoms with van der Waals surface area (Å²) >= 11 is 0. The SMILES string of the molecule is CC(C)(C)c1cc(C2C=CNC=N2)[nH]n1. The summed E-state index contributed by atoms with van der Waals surface area (Å²) in [6.45, 7) is 6.44. The Morgan fingerprint density at radius 3 is 2.67 bits per heavy atom. The van der Waals surface area contributed by atoms with Crippen LogP contribution in [-0.2, 0) is 5.41 Å². The van der Waals surface area contributed by atoms with Crippen molar-refractivity contribution in [1.29, 1.82) is 0 Å². The second kappa shape index (κ2) is 3.53. The predicted molar refractivity (Wildman–Crippen MR) is 60.8 cm³/mol. The zero-order valence-corrected chi connectivity index (χ0v) is 9.28. The molecule has 80 valence electrons. The number of aromatic amines is 1. The van der Waals surface area contributed by atoms with Gasteiger partial charge in [-0.3, -0.25) is 10.1 Å². The molecule has 1 aliphatic heterocycles. The molecule has 0 saturated heterocycles. The van der Waals surface area contributed by atoms with Gasteiger partial charge in [-0.1, -0.05) is 20.8 Å². The largest absolute Gasteiger partial charge is 0.353 e. The molecule has 1 aromatic rings. The molecule has 0 amide bonds. The van der Waals surface area contributed by atoms with Gasteiger partial charge in [-0.15, -0.1) is 0 Å². The number of nitrogens with one attached hydrogen (secondary N) is 2. The van der Waals surface area contributed by atoms with Crippen molar-refractivity contribution < 1.29 is 0 Å². The maximum atomic E-state index is 4.31. The van der Waals surface area contributed by atoms with Crippen LogP contribution in [0, 0.1) is 0 Å². The van der Waals surface area contributed by atoms with Crippen molar-refractivity contribution in [3.63, 3.8) is 0 Å². The van der Waals surface area contributed by atoms with Gasteiger partial charge in [-0.2, -0.15) is 5.10 Å². The Kier molecular flexibility index (Phi) is 2.34. The molecule has 0 spiro atoms. The van der Waals surface area contributed by atoms with Crippen LogP contribution in [0.25, 0.3) is 0 Å². The van der Waals surface area contributed by atoms with Gasteiger partial charge in [0.1, 0.15) is 6.04 Å². The maximum Gasteiger partial charge on any atom is 0.113 e. The first kappa shape index (κ1) is 9.96. The molecule has 1 unspecified atom stereocenters. The van der Waals surface area contributed by atoms with Crippen LogP contribution in [0.15, 0.2) is 23.3 Å². The van der Waals surface area contributed by atoms with Crippen molar-refractivity contribution in [2.24, 2.45) is 4.99 Å². The standard InChI is InChI=1S/C11H16N4/c1-11(2,3)10-6-9(14-15-10)8-4-5-12-7-13-8/h4-8H,1-3H3,(H,12,13)(H,14,15). The third-order valence-corrected chi connectivity index (χ3v) is 2.37. The van der Waals surface area contributed by atoms with Crippen LogP contribution < -0.4 is 5.32 Å². The minimum atomic E-state index is 0.0647. The Bertz CT molecular complexity index is 383. The number of hydrogen-bond donors (Lipinski definition) is 2. The molecule has 2 heterocycles. The average molecular weight is 204 g/mol. The van der Waals surface area contributed by atoms with Crippen molar-refractivity contribution in [2.75, 3.05) is 0 Å². The van der Waals surface area contributed by atoms with E-state index in [1.807, 2.05) is 12.3 Å². The fourth-order valence-electron chi connectivity index (χ4n) is 1.42. The summed E-state index contributed by atoms with van der Waals surface area (Å²) in [6, 6.07) is 2.15. The van der Waals surface area contributed by atoms with Crippen LogP contribution >= 0.6 is 0 Å². The molecule has 0 aromatic carbocycles. The summed E-state index contributed by atoms with van der Waals surface area (Å²) in [6.07, 6.45) is 5.58. The van der Waals surface area contributed by atoms with Gasteiger partial charge >= 0.3 is 0 Å². The molecule has 1 aromatic heterocycles. The van der Waals surface area contributed by atoms with Gasteiger partial charge in [0.15, 0.2) is 0 Å². The summed E-state index contributed by atoms with van der Waals surface area (Å²) in [5.74, 6) is 0. The lowest BCUT2D eigenvalue weighted by Crippen LogP contribution is -2.11. The Balaban J connectivity index is 2.23. The lowest BCUT2D eigenvalue weighted by molar-refractivity contribution is 0.567. The van der Waals surface area contributed by atoms with E-state index in [9.17, 15) is 0 Å². The average Bonchev–Trinajstić information content (AvgIpc) is 2.67. The van der Waals surface area contributed by atoms with Crippen molar-refractivity contribution in [2.45, 2.75) is 32.2 Å². The van der Waals surface area contributed by atoms with E-state index >= 15 is 0 Å². The van der Waals surface area contributed by atoms with Gasteiger partial charge < -0.3 is 5.32 Å². The van der Waals surface area contributed by atoms with Crippen LogP contribution in [0.2, 0.25) is 0 Å². The van der Waals surface area contributed by atoms with E-state index in [0.29, 0.717) is 0 Å². The molecule has 0 bridgehead atoms. The molecular formula is C11H16N4. The zero-order chi connectivity index (χ0) is 10.9. The van der Waals surface area contributed by atoms with E-state index in [2.05, 4.69) is 47.3 Å². The molecule has 15 heavy (non-hydrogen) atoms. The third kappa shape index (κ3) is 2.09. The molecule has 4 nitrogen and oxygen atoms in total.